The van der Waals surface area contributed by atoms with Crippen LogP contribution in [-0.2, 0) is 4.79 Å². The SMILES string of the molecule is C#CCC(N)C(=O)NC12CC3CC(C)(CC(C)(C3)C1)C2. The van der Waals surface area contributed by atoms with Gasteiger partial charge in [-0.05, 0) is 55.3 Å². The van der Waals surface area contributed by atoms with Crippen molar-refractivity contribution in [1.29, 1.82) is 0 Å². The number of carbonyl (C=O) groups excluding carboxylic acids is 1. The fourth-order valence-electron chi connectivity index (χ4n) is 6.16. The van der Waals surface area contributed by atoms with Gasteiger partial charge in [-0.3, -0.25) is 4.79 Å². The molecule has 3 N–H and O–H groups in total. The van der Waals surface area contributed by atoms with Gasteiger partial charge in [-0.25, -0.2) is 0 Å². The lowest BCUT2D eigenvalue weighted by Gasteiger charge is -2.65. The maximum atomic E-state index is 12.3. The third-order valence-corrected chi connectivity index (χ3v) is 5.69. The minimum absolute atomic E-state index is 0.0216. The first-order valence-corrected chi connectivity index (χ1v) is 7.78. The molecular formula is C17H26N2O. The molecule has 4 saturated carbocycles. The molecule has 4 rings (SSSR count). The molecule has 3 atom stereocenters. The predicted octanol–water partition coefficient (Wildman–Crippen LogP) is 2.20. The highest BCUT2D eigenvalue weighted by atomic mass is 16.2. The molecule has 0 aromatic carbocycles. The van der Waals surface area contributed by atoms with Crippen molar-refractivity contribution in [3.63, 3.8) is 0 Å². The monoisotopic (exact) mass is 274 g/mol. The summed E-state index contributed by atoms with van der Waals surface area (Å²) in [5.74, 6) is 3.20. The Labute approximate surface area is 122 Å². The molecule has 1 amide bonds. The summed E-state index contributed by atoms with van der Waals surface area (Å²) < 4.78 is 0. The normalized spacial score (nSPS) is 46.8. The van der Waals surface area contributed by atoms with Crippen LogP contribution < -0.4 is 11.1 Å². The fourth-order valence-corrected chi connectivity index (χ4v) is 6.16. The first-order chi connectivity index (χ1) is 9.27. The number of rotatable bonds is 3. The molecule has 3 heteroatoms. The lowest BCUT2D eigenvalue weighted by molar-refractivity contribution is -0.140. The highest BCUT2D eigenvalue weighted by molar-refractivity contribution is 5.82. The maximum Gasteiger partial charge on any atom is 0.238 e. The Morgan fingerprint density at radius 2 is 1.90 bits per heavy atom. The van der Waals surface area contributed by atoms with E-state index >= 15 is 0 Å². The van der Waals surface area contributed by atoms with Crippen LogP contribution in [-0.4, -0.2) is 17.5 Å². The van der Waals surface area contributed by atoms with E-state index in [2.05, 4.69) is 25.1 Å². The Hall–Kier alpha value is -1.01. The molecular weight excluding hydrogens is 248 g/mol. The molecule has 4 aliphatic carbocycles. The van der Waals surface area contributed by atoms with Gasteiger partial charge in [0.2, 0.25) is 5.91 Å². The average molecular weight is 274 g/mol. The zero-order valence-electron chi connectivity index (χ0n) is 12.7. The van der Waals surface area contributed by atoms with Gasteiger partial charge in [0.1, 0.15) is 0 Å². The largest absolute Gasteiger partial charge is 0.349 e. The smallest absolute Gasteiger partial charge is 0.238 e. The van der Waals surface area contributed by atoms with E-state index < -0.39 is 6.04 Å². The van der Waals surface area contributed by atoms with Crippen molar-refractivity contribution >= 4 is 5.91 Å². The molecule has 20 heavy (non-hydrogen) atoms. The molecule has 0 heterocycles. The Bertz CT molecular complexity index is 460. The van der Waals surface area contributed by atoms with Crippen molar-refractivity contribution in [2.45, 2.75) is 70.4 Å². The molecule has 0 saturated heterocycles. The summed E-state index contributed by atoms with van der Waals surface area (Å²) in [6.07, 6.45) is 12.9. The summed E-state index contributed by atoms with van der Waals surface area (Å²) in [4.78, 5) is 12.3. The van der Waals surface area contributed by atoms with Gasteiger partial charge in [0.15, 0.2) is 0 Å². The molecule has 3 unspecified atom stereocenters. The predicted molar refractivity (Wildman–Crippen MR) is 79.7 cm³/mol. The van der Waals surface area contributed by atoms with Gasteiger partial charge >= 0.3 is 0 Å². The minimum Gasteiger partial charge on any atom is -0.349 e. The van der Waals surface area contributed by atoms with E-state index in [1.54, 1.807) is 0 Å². The van der Waals surface area contributed by atoms with Crippen molar-refractivity contribution in [2.75, 3.05) is 0 Å². The number of amides is 1. The molecule has 0 aromatic heterocycles. The zero-order valence-corrected chi connectivity index (χ0v) is 12.7. The van der Waals surface area contributed by atoms with Crippen LogP contribution in [0.1, 0.15) is 58.8 Å². The Morgan fingerprint density at radius 1 is 1.30 bits per heavy atom. The number of hydrogen-bond donors (Lipinski definition) is 2. The van der Waals surface area contributed by atoms with Crippen LogP contribution in [0.3, 0.4) is 0 Å². The molecule has 0 aliphatic heterocycles. The summed E-state index contributed by atoms with van der Waals surface area (Å²) >= 11 is 0. The van der Waals surface area contributed by atoms with Gasteiger partial charge < -0.3 is 11.1 Å². The van der Waals surface area contributed by atoms with Gasteiger partial charge in [-0.2, -0.15) is 0 Å². The number of nitrogens with two attached hydrogens (primary N) is 1. The van der Waals surface area contributed by atoms with Crippen LogP contribution in [0.25, 0.3) is 0 Å². The van der Waals surface area contributed by atoms with Crippen molar-refractivity contribution in [2.24, 2.45) is 22.5 Å². The molecule has 3 nitrogen and oxygen atoms in total. The van der Waals surface area contributed by atoms with Gasteiger partial charge in [-0.1, -0.05) is 13.8 Å². The second kappa shape index (κ2) is 4.24. The molecule has 0 spiro atoms. The van der Waals surface area contributed by atoms with Crippen LogP contribution in [0.2, 0.25) is 0 Å². The fraction of sp³-hybridized carbons (Fsp3) is 0.824. The third kappa shape index (κ3) is 2.24. The van der Waals surface area contributed by atoms with Gasteiger partial charge in [-0.15, -0.1) is 12.3 Å². The van der Waals surface area contributed by atoms with Crippen molar-refractivity contribution in [1.82, 2.24) is 5.32 Å². The van der Waals surface area contributed by atoms with Crippen LogP contribution in [0.15, 0.2) is 0 Å². The first kappa shape index (κ1) is 13.9. The lowest BCUT2D eigenvalue weighted by atomic mass is 9.43. The molecule has 4 fully saturated rings. The highest BCUT2D eigenvalue weighted by Gasteiger charge is 2.60. The Kier molecular flexibility index (Phi) is 2.96. The number of terminal acetylenes is 1. The van der Waals surface area contributed by atoms with E-state index in [9.17, 15) is 4.79 Å². The van der Waals surface area contributed by atoms with Crippen LogP contribution in [0.4, 0.5) is 0 Å². The van der Waals surface area contributed by atoms with Crippen molar-refractivity contribution < 1.29 is 4.79 Å². The van der Waals surface area contributed by atoms with Crippen molar-refractivity contribution in [3.8, 4) is 12.3 Å². The summed E-state index contributed by atoms with van der Waals surface area (Å²) in [6.45, 7) is 4.80. The average Bonchev–Trinajstić information content (AvgIpc) is 2.23. The zero-order chi connectivity index (χ0) is 14.6. The highest BCUT2D eigenvalue weighted by Crippen LogP contribution is 2.66. The number of carbonyl (C=O) groups is 1. The van der Waals surface area contributed by atoms with Crippen LogP contribution >= 0.6 is 0 Å². The molecule has 0 aromatic rings. The number of nitrogens with one attached hydrogen (secondary N) is 1. The van der Waals surface area contributed by atoms with Crippen molar-refractivity contribution in [3.05, 3.63) is 0 Å². The van der Waals surface area contributed by atoms with E-state index in [1.165, 1.54) is 19.3 Å². The van der Waals surface area contributed by atoms with Gasteiger partial charge in [0.25, 0.3) is 0 Å². The van der Waals surface area contributed by atoms with Crippen LogP contribution in [0, 0.1) is 29.1 Å². The third-order valence-electron chi connectivity index (χ3n) is 5.69. The standard InChI is InChI=1S/C17H26N2O/c1-4-5-13(18)14(20)19-17-8-12-6-15(2,10-17)9-16(3,7-12)11-17/h1,12-13H,5-11,18H2,2-3H3,(H,19,20). The molecule has 4 bridgehead atoms. The van der Waals surface area contributed by atoms with E-state index in [0.717, 1.165) is 25.2 Å². The number of hydrogen-bond acceptors (Lipinski definition) is 2. The summed E-state index contributed by atoms with van der Waals surface area (Å²) in [7, 11) is 0. The quantitative estimate of drug-likeness (QED) is 0.775. The van der Waals surface area contributed by atoms with E-state index in [4.69, 9.17) is 12.2 Å². The minimum atomic E-state index is -0.561. The molecule has 0 radical (unpaired) electrons. The Morgan fingerprint density at radius 3 is 2.40 bits per heavy atom. The molecule has 110 valence electrons. The van der Waals surface area contributed by atoms with Crippen LogP contribution in [0.5, 0.6) is 0 Å². The topological polar surface area (TPSA) is 55.1 Å². The lowest BCUT2D eigenvalue weighted by Crippen LogP contribution is -2.66. The second-order valence-electron chi connectivity index (χ2n) is 8.41. The van der Waals surface area contributed by atoms with E-state index in [1.807, 2.05) is 0 Å². The van der Waals surface area contributed by atoms with Gasteiger partial charge in [0, 0.05) is 12.0 Å². The van der Waals surface area contributed by atoms with E-state index in [-0.39, 0.29) is 11.4 Å². The summed E-state index contributed by atoms with van der Waals surface area (Å²) in [5.41, 5.74) is 6.65. The van der Waals surface area contributed by atoms with E-state index in [0.29, 0.717) is 17.3 Å². The Balaban J connectivity index is 1.79. The second-order valence-corrected chi connectivity index (χ2v) is 8.41. The summed E-state index contributed by atoms with van der Waals surface area (Å²) in [6, 6.07) is -0.561. The maximum absolute atomic E-state index is 12.3. The van der Waals surface area contributed by atoms with Gasteiger partial charge in [0.05, 0.1) is 6.04 Å². The summed E-state index contributed by atoms with van der Waals surface area (Å²) in [5, 5.41) is 3.30. The molecule has 4 aliphatic rings. The first-order valence-electron chi connectivity index (χ1n) is 7.78.